The van der Waals surface area contributed by atoms with Crippen molar-refractivity contribution < 1.29 is 0 Å². The van der Waals surface area contributed by atoms with Crippen LogP contribution >= 0.6 is 11.3 Å². The molecular weight excluding hydrogens is 212 g/mol. The predicted molar refractivity (Wildman–Crippen MR) is 56.8 cm³/mol. The summed E-state index contributed by atoms with van der Waals surface area (Å²) in [5.74, 6) is 0. The summed E-state index contributed by atoms with van der Waals surface area (Å²) in [6.07, 6.45) is 0.832. The van der Waals surface area contributed by atoms with Gasteiger partial charge in [-0.2, -0.15) is 4.68 Å². The fraction of sp³-hybridized carbons (Fsp3) is 0.500. The van der Waals surface area contributed by atoms with E-state index < -0.39 is 0 Å². The third-order valence-corrected chi connectivity index (χ3v) is 2.88. The molecule has 0 aliphatic heterocycles. The first kappa shape index (κ1) is 10.2. The number of nitrogens with two attached hydrogens (primary N) is 1. The van der Waals surface area contributed by atoms with E-state index in [0.29, 0.717) is 6.54 Å². The lowest BCUT2D eigenvalue weighted by Gasteiger charge is -1.99. The van der Waals surface area contributed by atoms with E-state index in [1.165, 1.54) is 11.3 Å². The van der Waals surface area contributed by atoms with Crippen molar-refractivity contribution in [1.82, 2.24) is 25.2 Å². The maximum absolute atomic E-state index is 5.57. The van der Waals surface area contributed by atoms with Crippen LogP contribution in [-0.4, -0.2) is 25.2 Å². The Labute approximate surface area is 91.1 Å². The molecule has 0 radical (unpaired) electrons. The quantitative estimate of drug-likeness (QED) is 0.818. The first-order valence-corrected chi connectivity index (χ1v) is 5.52. The van der Waals surface area contributed by atoms with Gasteiger partial charge < -0.3 is 5.73 Å². The molecule has 0 aliphatic rings. The van der Waals surface area contributed by atoms with Gasteiger partial charge in [-0.05, 0) is 13.3 Å². The van der Waals surface area contributed by atoms with E-state index >= 15 is 0 Å². The lowest BCUT2D eigenvalue weighted by molar-refractivity contribution is 0.750. The van der Waals surface area contributed by atoms with Gasteiger partial charge in [0, 0.05) is 6.54 Å². The molecule has 0 bridgehead atoms. The maximum Gasteiger partial charge on any atom is 0.234 e. The Morgan fingerprint density at radius 2 is 2.13 bits per heavy atom. The van der Waals surface area contributed by atoms with Gasteiger partial charge in [-0.3, -0.25) is 0 Å². The average molecular weight is 224 g/mol. The topological polar surface area (TPSA) is 82.5 Å². The third kappa shape index (κ3) is 1.75. The lowest BCUT2D eigenvalue weighted by Crippen LogP contribution is -2.04. The van der Waals surface area contributed by atoms with Crippen molar-refractivity contribution in [3.05, 3.63) is 16.4 Å². The van der Waals surface area contributed by atoms with Crippen molar-refractivity contribution in [1.29, 1.82) is 0 Å². The summed E-state index contributed by atoms with van der Waals surface area (Å²) in [6, 6.07) is 0. The normalized spacial score (nSPS) is 10.9. The Morgan fingerprint density at radius 1 is 1.33 bits per heavy atom. The monoisotopic (exact) mass is 224 g/mol. The van der Waals surface area contributed by atoms with Gasteiger partial charge in [0.05, 0.1) is 11.4 Å². The van der Waals surface area contributed by atoms with E-state index in [-0.39, 0.29) is 0 Å². The second-order valence-electron chi connectivity index (χ2n) is 3.06. The van der Waals surface area contributed by atoms with Crippen molar-refractivity contribution in [3.8, 4) is 5.13 Å². The molecule has 0 fully saturated rings. The first-order chi connectivity index (χ1) is 7.26. The molecule has 6 nitrogen and oxygen atoms in total. The molecule has 2 aromatic rings. The summed E-state index contributed by atoms with van der Waals surface area (Å²) in [5.41, 5.74) is 7.41. The number of hydrogen-bond acceptors (Lipinski definition) is 6. The van der Waals surface area contributed by atoms with E-state index in [9.17, 15) is 0 Å². The van der Waals surface area contributed by atoms with Crippen LogP contribution in [0.5, 0.6) is 0 Å². The Morgan fingerprint density at radius 3 is 2.67 bits per heavy atom. The molecule has 0 saturated carbocycles. The molecule has 0 spiro atoms. The maximum atomic E-state index is 5.57. The average Bonchev–Trinajstić information content (AvgIpc) is 2.82. The number of aromatic nitrogens is 5. The largest absolute Gasteiger partial charge is 0.325 e. The molecule has 2 rings (SSSR count). The van der Waals surface area contributed by atoms with Gasteiger partial charge in [-0.15, -0.1) is 15.3 Å². The molecule has 2 aromatic heterocycles. The van der Waals surface area contributed by atoms with Gasteiger partial charge in [0.15, 0.2) is 0 Å². The van der Waals surface area contributed by atoms with Gasteiger partial charge in [0.25, 0.3) is 0 Å². The first-order valence-electron chi connectivity index (χ1n) is 4.70. The van der Waals surface area contributed by atoms with Crippen molar-refractivity contribution in [2.45, 2.75) is 26.8 Å². The van der Waals surface area contributed by atoms with Gasteiger partial charge in [0.2, 0.25) is 5.13 Å². The van der Waals surface area contributed by atoms with Crippen LogP contribution in [0.4, 0.5) is 0 Å². The zero-order valence-electron chi connectivity index (χ0n) is 8.64. The van der Waals surface area contributed by atoms with Crippen molar-refractivity contribution in [2.75, 3.05) is 0 Å². The smallest absolute Gasteiger partial charge is 0.234 e. The van der Waals surface area contributed by atoms with Crippen molar-refractivity contribution in [3.63, 3.8) is 0 Å². The minimum Gasteiger partial charge on any atom is -0.325 e. The molecule has 2 heterocycles. The summed E-state index contributed by atoms with van der Waals surface area (Å²) in [6.45, 7) is 4.36. The summed E-state index contributed by atoms with van der Waals surface area (Å²) in [4.78, 5) is 0. The zero-order valence-corrected chi connectivity index (χ0v) is 9.45. The van der Waals surface area contributed by atoms with Crippen LogP contribution < -0.4 is 5.73 Å². The highest BCUT2D eigenvalue weighted by molar-refractivity contribution is 7.13. The van der Waals surface area contributed by atoms with Crippen LogP contribution in [0.25, 0.3) is 5.13 Å². The molecule has 80 valence electrons. The zero-order chi connectivity index (χ0) is 10.8. The molecule has 0 amide bonds. The van der Waals surface area contributed by atoms with Crippen LogP contribution in [0.2, 0.25) is 0 Å². The van der Waals surface area contributed by atoms with Gasteiger partial charge >= 0.3 is 0 Å². The molecule has 2 N–H and O–H groups in total. The summed E-state index contributed by atoms with van der Waals surface area (Å²) >= 11 is 1.49. The van der Waals surface area contributed by atoms with E-state index in [4.69, 9.17) is 5.73 Å². The highest BCUT2D eigenvalue weighted by atomic mass is 32.1. The van der Waals surface area contributed by atoms with Gasteiger partial charge in [-0.1, -0.05) is 23.5 Å². The molecule has 7 heteroatoms. The lowest BCUT2D eigenvalue weighted by atomic mass is 10.2. The van der Waals surface area contributed by atoms with Crippen LogP contribution in [0.3, 0.4) is 0 Å². The molecular formula is C8H12N6S. The second kappa shape index (κ2) is 4.03. The third-order valence-electron chi connectivity index (χ3n) is 2.07. The highest BCUT2D eigenvalue weighted by Gasteiger charge is 2.13. The fourth-order valence-corrected chi connectivity index (χ4v) is 2.03. The fourth-order valence-electron chi connectivity index (χ4n) is 1.37. The number of rotatable bonds is 3. The highest BCUT2D eigenvalue weighted by Crippen LogP contribution is 2.16. The SMILES string of the molecule is CCc1c(CN)nnn1-c1nnc(C)s1. The van der Waals surface area contributed by atoms with Crippen LogP contribution in [0, 0.1) is 6.92 Å². The Balaban J connectivity index is 2.48. The van der Waals surface area contributed by atoms with Crippen LogP contribution in [0.1, 0.15) is 23.3 Å². The van der Waals surface area contributed by atoms with E-state index in [0.717, 1.165) is 27.9 Å². The minimum absolute atomic E-state index is 0.404. The molecule has 0 unspecified atom stereocenters. The summed E-state index contributed by atoms with van der Waals surface area (Å²) in [7, 11) is 0. The van der Waals surface area contributed by atoms with Gasteiger partial charge in [-0.25, -0.2) is 0 Å². The van der Waals surface area contributed by atoms with E-state index in [1.54, 1.807) is 4.68 Å². The van der Waals surface area contributed by atoms with Crippen molar-refractivity contribution >= 4 is 11.3 Å². The molecule has 0 aromatic carbocycles. The molecule has 0 saturated heterocycles. The van der Waals surface area contributed by atoms with Gasteiger partial charge in [0.1, 0.15) is 5.01 Å². The van der Waals surface area contributed by atoms with E-state index in [2.05, 4.69) is 20.5 Å². The van der Waals surface area contributed by atoms with E-state index in [1.807, 2.05) is 13.8 Å². The molecule has 0 atom stereocenters. The summed E-state index contributed by atoms with van der Waals surface area (Å²) in [5, 5.41) is 17.7. The van der Waals surface area contributed by atoms with Crippen molar-refractivity contribution in [2.24, 2.45) is 5.73 Å². The van der Waals surface area contributed by atoms with Crippen LogP contribution in [0.15, 0.2) is 0 Å². The summed E-state index contributed by atoms with van der Waals surface area (Å²) < 4.78 is 1.72. The number of aryl methyl sites for hydroxylation is 1. The van der Waals surface area contributed by atoms with Crippen LogP contribution in [-0.2, 0) is 13.0 Å². The number of nitrogens with zero attached hydrogens (tertiary/aromatic N) is 5. The molecule has 15 heavy (non-hydrogen) atoms. The Kier molecular flexibility index (Phi) is 2.74. The Bertz CT molecular complexity index is 459. The minimum atomic E-state index is 0.404. The predicted octanol–water partition coefficient (Wildman–Crippen LogP) is 0.448. The Hall–Kier alpha value is -1.34. The molecule has 0 aliphatic carbocycles. The number of hydrogen-bond donors (Lipinski definition) is 1. The second-order valence-corrected chi connectivity index (χ2v) is 4.22. The standard InChI is InChI=1S/C8H12N6S/c1-3-7-6(4-9)11-13-14(7)8-12-10-5(2)15-8/h3-4,9H2,1-2H3.